The van der Waals surface area contributed by atoms with Crippen LogP contribution < -0.4 is 15.4 Å². The molecule has 0 bridgehead atoms. The summed E-state index contributed by atoms with van der Waals surface area (Å²) in [6, 6.07) is 16.3. The Balaban J connectivity index is 1.61. The van der Waals surface area contributed by atoms with Gasteiger partial charge in [0.25, 0.3) is 5.91 Å². The highest BCUT2D eigenvalue weighted by Gasteiger charge is 2.31. The zero-order chi connectivity index (χ0) is 24.0. The highest BCUT2D eigenvalue weighted by molar-refractivity contribution is 8.00. The van der Waals surface area contributed by atoms with Crippen molar-refractivity contribution in [3.8, 4) is 5.75 Å². The molecule has 0 spiro atoms. The third-order valence-corrected chi connectivity index (χ3v) is 5.68. The van der Waals surface area contributed by atoms with Crippen LogP contribution >= 0.6 is 23.4 Å². The predicted octanol–water partition coefficient (Wildman–Crippen LogP) is 6.35. The molecule has 0 atom stereocenters. The van der Waals surface area contributed by atoms with E-state index in [1.165, 1.54) is 7.11 Å². The van der Waals surface area contributed by atoms with Gasteiger partial charge in [-0.2, -0.15) is 13.2 Å². The van der Waals surface area contributed by atoms with Gasteiger partial charge in [0.15, 0.2) is 0 Å². The number of carbonyl (C=O) groups is 2. The van der Waals surface area contributed by atoms with Crippen LogP contribution in [0.15, 0.2) is 71.6 Å². The van der Waals surface area contributed by atoms with Crippen LogP contribution in [0.25, 0.3) is 0 Å². The van der Waals surface area contributed by atoms with Crippen molar-refractivity contribution < 1.29 is 27.5 Å². The topological polar surface area (TPSA) is 67.4 Å². The second kappa shape index (κ2) is 10.6. The van der Waals surface area contributed by atoms with Crippen molar-refractivity contribution in [2.24, 2.45) is 0 Å². The molecule has 10 heteroatoms. The highest BCUT2D eigenvalue weighted by Crippen LogP contribution is 2.34. The summed E-state index contributed by atoms with van der Waals surface area (Å²) < 4.78 is 43.8. The zero-order valence-electron chi connectivity index (χ0n) is 17.2. The summed E-state index contributed by atoms with van der Waals surface area (Å²) in [5.41, 5.74) is -0.0790. The fourth-order valence-corrected chi connectivity index (χ4v) is 3.68. The molecule has 0 aliphatic carbocycles. The average molecular weight is 495 g/mol. The van der Waals surface area contributed by atoms with Gasteiger partial charge in [0.2, 0.25) is 5.91 Å². The SMILES string of the molecule is COc1cccc(C(=O)Nc2cccc(SCC(=O)Nc3cc(C(F)(F)F)ccc3Cl)c2)c1. The maximum atomic E-state index is 12.9. The summed E-state index contributed by atoms with van der Waals surface area (Å²) >= 11 is 7.07. The minimum absolute atomic E-state index is 0.00334. The van der Waals surface area contributed by atoms with Crippen LogP contribution in [-0.4, -0.2) is 24.7 Å². The van der Waals surface area contributed by atoms with Crippen LogP contribution in [0.5, 0.6) is 5.75 Å². The lowest BCUT2D eigenvalue weighted by atomic mass is 10.2. The summed E-state index contributed by atoms with van der Waals surface area (Å²) in [4.78, 5) is 25.4. The molecule has 2 amide bonds. The van der Waals surface area contributed by atoms with Crippen molar-refractivity contribution >= 4 is 46.6 Å². The van der Waals surface area contributed by atoms with Gasteiger partial charge in [-0.1, -0.05) is 23.7 Å². The summed E-state index contributed by atoms with van der Waals surface area (Å²) in [6.07, 6.45) is -4.55. The maximum absolute atomic E-state index is 12.9. The summed E-state index contributed by atoms with van der Waals surface area (Å²) in [7, 11) is 1.51. The molecule has 33 heavy (non-hydrogen) atoms. The van der Waals surface area contributed by atoms with E-state index >= 15 is 0 Å². The number of hydrogen-bond acceptors (Lipinski definition) is 4. The first-order valence-corrected chi connectivity index (χ1v) is 10.9. The summed E-state index contributed by atoms with van der Waals surface area (Å²) in [5.74, 6) is -0.362. The molecular weight excluding hydrogens is 477 g/mol. The van der Waals surface area contributed by atoms with Crippen LogP contribution in [0.4, 0.5) is 24.5 Å². The molecule has 0 aromatic heterocycles. The van der Waals surface area contributed by atoms with Crippen molar-refractivity contribution in [1.82, 2.24) is 0 Å². The van der Waals surface area contributed by atoms with E-state index in [1.54, 1.807) is 48.5 Å². The van der Waals surface area contributed by atoms with Crippen molar-refractivity contribution in [2.45, 2.75) is 11.1 Å². The zero-order valence-corrected chi connectivity index (χ0v) is 18.8. The molecule has 3 aromatic rings. The molecule has 0 fully saturated rings. The van der Waals surface area contributed by atoms with Gasteiger partial charge in [0.05, 0.1) is 29.1 Å². The molecule has 0 aliphatic rings. The number of halogens is 4. The molecule has 172 valence electrons. The smallest absolute Gasteiger partial charge is 0.416 e. The van der Waals surface area contributed by atoms with Crippen LogP contribution in [0.2, 0.25) is 5.02 Å². The van der Waals surface area contributed by atoms with Crippen molar-refractivity contribution in [3.63, 3.8) is 0 Å². The first kappa shape index (κ1) is 24.5. The molecule has 5 nitrogen and oxygen atoms in total. The van der Waals surface area contributed by atoms with E-state index in [4.69, 9.17) is 16.3 Å². The Morgan fingerprint density at radius 1 is 1.00 bits per heavy atom. The number of rotatable bonds is 7. The highest BCUT2D eigenvalue weighted by atomic mass is 35.5. The largest absolute Gasteiger partial charge is 0.497 e. The second-order valence-corrected chi connectivity index (χ2v) is 8.20. The van der Waals surface area contributed by atoms with E-state index in [0.717, 1.165) is 30.0 Å². The van der Waals surface area contributed by atoms with Gasteiger partial charge in [0, 0.05) is 16.1 Å². The minimum Gasteiger partial charge on any atom is -0.497 e. The van der Waals surface area contributed by atoms with Gasteiger partial charge in [-0.3, -0.25) is 9.59 Å². The van der Waals surface area contributed by atoms with Crippen LogP contribution in [0, 0.1) is 0 Å². The van der Waals surface area contributed by atoms with Gasteiger partial charge in [-0.05, 0) is 54.6 Å². The Hall–Kier alpha value is -3.17. The monoisotopic (exact) mass is 494 g/mol. The van der Waals surface area contributed by atoms with Crippen molar-refractivity contribution in [3.05, 3.63) is 82.9 Å². The molecule has 0 radical (unpaired) electrons. The Bertz CT molecular complexity index is 1170. The molecule has 2 N–H and O–H groups in total. The van der Waals surface area contributed by atoms with Gasteiger partial charge < -0.3 is 15.4 Å². The number of nitrogens with one attached hydrogen (secondary N) is 2. The third kappa shape index (κ3) is 6.90. The van der Waals surface area contributed by atoms with E-state index in [0.29, 0.717) is 21.9 Å². The van der Waals surface area contributed by atoms with E-state index in [2.05, 4.69) is 10.6 Å². The number of benzene rings is 3. The van der Waals surface area contributed by atoms with Gasteiger partial charge in [0.1, 0.15) is 5.75 Å². The maximum Gasteiger partial charge on any atom is 0.416 e. The van der Waals surface area contributed by atoms with Crippen LogP contribution in [0.3, 0.4) is 0 Å². The summed E-state index contributed by atoms with van der Waals surface area (Å²) in [6.45, 7) is 0. The standard InChI is InChI=1S/C23H18ClF3N2O3S/c1-32-17-6-2-4-14(10-17)22(31)28-16-5-3-7-18(12-16)33-13-21(30)29-20-11-15(23(25,26)27)8-9-19(20)24/h2-12H,13H2,1H3,(H,28,31)(H,29,30). The van der Waals surface area contributed by atoms with E-state index in [1.807, 2.05) is 0 Å². The lowest BCUT2D eigenvalue weighted by molar-refractivity contribution is -0.137. The van der Waals surface area contributed by atoms with Gasteiger partial charge in [-0.25, -0.2) is 0 Å². The number of amides is 2. The Morgan fingerprint density at radius 3 is 2.48 bits per heavy atom. The van der Waals surface area contributed by atoms with Crippen LogP contribution in [0.1, 0.15) is 15.9 Å². The first-order valence-electron chi connectivity index (χ1n) is 9.50. The molecule has 3 aromatic carbocycles. The van der Waals surface area contributed by atoms with E-state index in [-0.39, 0.29) is 22.4 Å². The third-order valence-electron chi connectivity index (χ3n) is 4.36. The Labute approximate surface area is 197 Å². The van der Waals surface area contributed by atoms with Crippen molar-refractivity contribution in [1.29, 1.82) is 0 Å². The Morgan fingerprint density at radius 2 is 1.76 bits per heavy atom. The molecule has 0 heterocycles. The van der Waals surface area contributed by atoms with Gasteiger partial charge in [-0.15, -0.1) is 11.8 Å². The van der Waals surface area contributed by atoms with Crippen molar-refractivity contribution in [2.75, 3.05) is 23.5 Å². The number of hydrogen-bond donors (Lipinski definition) is 2. The summed E-state index contributed by atoms with van der Waals surface area (Å²) in [5, 5.41) is 5.17. The number of anilines is 2. The predicted molar refractivity (Wildman–Crippen MR) is 123 cm³/mol. The minimum atomic E-state index is -4.55. The fraction of sp³-hybridized carbons (Fsp3) is 0.130. The molecule has 0 aliphatic heterocycles. The Kier molecular flexibility index (Phi) is 7.88. The molecule has 3 rings (SSSR count). The lowest BCUT2D eigenvalue weighted by Crippen LogP contribution is -2.15. The first-order chi connectivity index (χ1) is 15.7. The number of ether oxygens (including phenoxy) is 1. The number of carbonyl (C=O) groups excluding carboxylic acids is 2. The molecule has 0 saturated heterocycles. The normalized spacial score (nSPS) is 11.1. The fourth-order valence-electron chi connectivity index (χ4n) is 2.76. The average Bonchev–Trinajstić information content (AvgIpc) is 2.78. The number of methoxy groups -OCH3 is 1. The lowest BCUT2D eigenvalue weighted by Gasteiger charge is -2.12. The number of thioether (sulfide) groups is 1. The molecule has 0 saturated carbocycles. The van der Waals surface area contributed by atoms with E-state index in [9.17, 15) is 22.8 Å². The second-order valence-electron chi connectivity index (χ2n) is 6.74. The van der Waals surface area contributed by atoms with Crippen LogP contribution in [-0.2, 0) is 11.0 Å². The quantitative estimate of drug-likeness (QED) is 0.375. The number of alkyl halides is 3. The molecule has 0 unspecified atom stereocenters. The van der Waals surface area contributed by atoms with Gasteiger partial charge >= 0.3 is 6.18 Å². The molecular formula is C23H18ClF3N2O3S. The van der Waals surface area contributed by atoms with E-state index < -0.39 is 17.6 Å².